The lowest BCUT2D eigenvalue weighted by Gasteiger charge is -2.64. The molecule has 5 rings (SSSR count). The van der Waals surface area contributed by atoms with Gasteiger partial charge in [0.15, 0.2) is 6.29 Å². The molecule has 0 radical (unpaired) electrons. The van der Waals surface area contributed by atoms with Gasteiger partial charge in [0.2, 0.25) is 0 Å². The molecule has 0 aromatic heterocycles. The first kappa shape index (κ1) is 19.5. The van der Waals surface area contributed by atoms with Crippen LogP contribution >= 0.6 is 0 Å². The first-order valence-corrected chi connectivity index (χ1v) is 11.6. The van der Waals surface area contributed by atoms with Gasteiger partial charge in [-0.2, -0.15) is 0 Å². The predicted octanol–water partition coefficient (Wildman–Crippen LogP) is 3.91. The first-order valence-electron chi connectivity index (χ1n) is 11.6. The van der Waals surface area contributed by atoms with Crippen molar-refractivity contribution in [3.63, 3.8) is 0 Å². The summed E-state index contributed by atoms with van der Waals surface area (Å²) in [7, 11) is 0. The van der Waals surface area contributed by atoms with Crippen molar-refractivity contribution in [3.05, 3.63) is 12.7 Å². The normalized spacial score (nSPS) is 56.7. The van der Waals surface area contributed by atoms with Crippen molar-refractivity contribution in [2.45, 2.75) is 83.2 Å². The maximum atomic E-state index is 12.1. The summed E-state index contributed by atoms with van der Waals surface area (Å²) >= 11 is 0. The van der Waals surface area contributed by atoms with Crippen molar-refractivity contribution in [1.82, 2.24) is 0 Å². The molecule has 5 aliphatic rings. The van der Waals surface area contributed by atoms with Crippen LogP contribution in [0.15, 0.2) is 12.7 Å². The number of fused-ring (bicyclic) bond motifs is 5. The summed E-state index contributed by atoms with van der Waals surface area (Å²) in [6.07, 6.45) is 9.86. The summed E-state index contributed by atoms with van der Waals surface area (Å²) in [5, 5.41) is 22.9. The highest BCUT2D eigenvalue weighted by atomic mass is 16.7. The number of rotatable bonds is 2. The lowest BCUT2D eigenvalue weighted by Crippen LogP contribution is -2.63. The zero-order valence-electron chi connectivity index (χ0n) is 17.6. The Morgan fingerprint density at radius 1 is 1.00 bits per heavy atom. The summed E-state index contributed by atoms with van der Waals surface area (Å²) in [6.45, 7) is 10.1. The van der Waals surface area contributed by atoms with Gasteiger partial charge in [0.25, 0.3) is 0 Å². The van der Waals surface area contributed by atoms with Gasteiger partial charge in [-0.1, -0.05) is 19.9 Å². The van der Waals surface area contributed by atoms with E-state index in [1.54, 1.807) is 0 Å². The molecule has 2 unspecified atom stereocenters. The fraction of sp³-hybridized carbons (Fsp3) is 0.917. The van der Waals surface area contributed by atoms with E-state index in [1.807, 2.05) is 0 Å². The Labute approximate surface area is 169 Å². The summed E-state index contributed by atoms with van der Waals surface area (Å²) in [5.74, 6) is 1.95. The zero-order chi connectivity index (χ0) is 19.7. The van der Waals surface area contributed by atoms with Crippen molar-refractivity contribution < 1.29 is 19.7 Å². The molecule has 0 spiro atoms. The molecule has 4 aliphatic carbocycles. The highest BCUT2D eigenvalue weighted by Gasteiger charge is 2.67. The average molecular weight is 391 g/mol. The fourth-order valence-corrected chi connectivity index (χ4v) is 8.64. The van der Waals surface area contributed by atoms with Crippen LogP contribution in [0, 0.1) is 40.4 Å². The van der Waals surface area contributed by atoms with E-state index < -0.39 is 5.60 Å². The van der Waals surface area contributed by atoms with E-state index in [9.17, 15) is 10.2 Å². The molecule has 28 heavy (non-hydrogen) atoms. The van der Waals surface area contributed by atoms with Crippen molar-refractivity contribution in [2.75, 3.05) is 13.2 Å². The Bertz CT molecular complexity index is 630. The van der Waals surface area contributed by atoms with Crippen LogP contribution in [0.4, 0.5) is 0 Å². The first-order chi connectivity index (χ1) is 13.3. The third kappa shape index (κ3) is 2.44. The van der Waals surface area contributed by atoms with Crippen LogP contribution in [0.5, 0.6) is 0 Å². The second-order valence-electron chi connectivity index (χ2n) is 11.0. The van der Waals surface area contributed by atoms with Gasteiger partial charge in [-0.05, 0) is 80.5 Å². The number of hydrogen-bond donors (Lipinski definition) is 2. The molecule has 0 aromatic carbocycles. The Morgan fingerprint density at radius 3 is 2.46 bits per heavy atom. The lowest BCUT2D eigenvalue weighted by atomic mass is 9.42. The van der Waals surface area contributed by atoms with Gasteiger partial charge in [-0.3, -0.25) is 0 Å². The fourth-order valence-electron chi connectivity index (χ4n) is 8.64. The highest BCUT2D eigenvalue weighted by Crippen LogP contribution is 2.69. The van der Waals surface area contributed by atoms with Crippen LogP contribution in [0.25, 0.3) is 0 Å². The highest BCUT2D eigenvalue weighted by molar-refractivity contribution is 5.19. The van der Waals surface area contributed by atoms with Gasteiger partial charge in [0.1, 0.15) is 0 Å². The van der Waals surface area contributed by atoms with E-state index in [0.717, 1.165) is 44.9 Å². The smallest absolute Gasteiger partial charge is 0.163 e. The Hall–Kier alpha value is -0.420. The third-order valence-electron chi connectivity index (χ3n) is 10.3. The summed E-state index contributed by atoms with van der Waals surface area (Å²) in [5.41, 5.74) is -0.426. The SMILES string of the molecule is C=C[C@H]1CC[C@]2(O)[C@@H]3CCC4C[C@@H](O)C(C5OCCO5)C[C@]4(C)[C@H]3CC[C@]12C. The second-order valence-corrected chi connectivity index (χ2v) is 11.0. The van der Waals surface area contributed by atoms with Crippen molar-refractivity contribution in [2.24, 2.45) is 40.4 Å². The van der Waals surface area contributed by atoms with Gasteiger partial charge in [-0.25, -0.2) is 0 Å². The molecular formula is C24H38O4. The minimum Gasteiger partial charge on any atom is -0.393 e. The molecular weight excluding hydrogens is 352 g/mol. The summed E-state index contributed by atoms with van der Waals surface area (Å²) in [4.78, 5) is 0. The van der Waals surface area contributed by atoms with Crippen LogP contribution in [0.1, 0.15) is 65.2 Å². The number of allylic oxidation sites excluding steroid dienone is 1. The molecule has 4 nitrogen and oxygen atoms in total. The van der Waals surface area contributed by atoms with Crippen LogP contribution in [-0.2, 0) is 9.47 Å². The molecule has 4 heteroatoms. The quantitative estimate of drug-likeness (QED) is 0.702. The van der Waals surface area contributed by atoms with Gasteiger partial charge < -0.3 is 19.7 Å². The molecule has 0 amide bonds. The topological polar surface area (TPSA) is 58.9 Å². The van der Waals surface area contributed by atoms with E-state index in [2.05, 4.69) is 26.5 Å². The van der Waals surface area contributed by atoms with Crippen LogP contribution < -0.4 is 0 Å². The van der Waals surface area contributed by atoms with Gasteiger partial charge >= 0.3 is 0 Å². The number of hydrogen-bond acceptors (Lipinski definition) is 4. The Balaban J connectivity index is 1.45. The third-order valence-corrected chi connectivity index (χ3v) is 10.3. The van der Waals surface area contributed by atoms with Gasteiger partial charge in [0, 0.05) is 11.3 Å². The van der Waals surface area contributed by atoms with E-state index >= 15 is 0 Å². The van der Waals surface area contributed by atoms with Crippen molar-refractivity contribution in [1.29, 1.82) is 0 Å². The number of ether oxygens (including phenoxy) is 2. The summed E-state index contributed by atoms with van der Waals surface area (Å²) in [6, 6.07) is 0. The van der Waals surface area contributed by atoms with E-state index in [0.29, 0.717) is 36.9 Å². The van der Waals surface area contributed by atoms with E-state index in [-0.39, 0.29) is 29.1 Å². The van der Waals surface area contributed by atoms with Crippen LogP contribution in [-0.4, -0.2) is 41.4 Å². The van der Waals surface area contributed by atoms with Crippen LogP contribution in [0.2, 0.25) is 0 Å². The number of aliphatic hydroxyl groups excluding tert-OH is 1. The molecule has 9 atom stereocenters. The molecule has 0 aromatic rings. The minimum atomic E-state index is -0.561. The predicted molar refractivity (Wildman–Crippen MR) is 107 cm³/mol. The molecule has 0 bridgehead atoms. The largest absolute Gasteiger partial charge is 0.393 e. The Morgan fingerprint density at radius 2 is 1.75 bits per heavy atom. The molecule has 2 N–H and O–H groups in total. The molecule has 1 heterocycles. The number of aliphatic hydroxyl groups is 2. The second kappa shape index (κ2) is 6.54. The van der Waals surface area contributed by atoms with Gasteiger partial charge in [-0.15, -0.1) is 6.58 Å². The minimum absolute atomic E-state index is 0.0234. The van der Waals surface area contributed by atoms with E-state index in [1.165, 1.54) is 6.42 Å². The average Bonchev–Trinajstić information content (AvgIpc) is 3.28. The Kier molecular flexibility index (Phi) is 4.56. The monoisotopic (exact) mass is 390 g/mol. The van der Waals surface area contributed by atoms with Gasteiger partial charge in [0.05, 0.1) is 24.9 Å². The van der Waals surface area contributed by atoms with Crippen molar-refractivity contribution >= 4 is 0 Å². The standard InChI is InChI=1S/C24H38O4/c1-4-15-7-10-24(26)19-6-5-16-13-20(25)17(21-27-11-12-28-21)14-22(16,2)18(19)8-9-23(15,24)3/h4,15-21,25-26H,1,5-14H2,2-3H3/t15-,16?,17?,18-,19+,20+,22-,23+,24-/m0/s1. The summed E-state index contributed by atoms with van der Waals surface area (Å²) < 4.78 is 11.6. The molecule has 158 valence electrons. The molecule has 1 saturated heterocycles. The van der Waals surface area contributed by atoms with E-state index in [4.69, 9.17) is 9.47 Å². The maximum Gasteiger partial charge on any atom is 0.163 e. The zero-order valence-corrected chi connectivity index (χ0v) is 17.6. The van der Waals surface area contributed by atoms with Crippen molar-refractivity contribution in [3.8, 4) is 0 Å². The van der Waals surface area contributed by atoms with Crippen LogP contribution in [0.3, 0.4) is 0 Å². The molecule has 5 fully saturated rings. The maximum absolute atomic E-state index is 12.1. The lowest BCUT2D eigenvalue weighted by molar-refractivity contribution is -0.227. The molecule has 4 saturated carbocycles. The molecule has 1 aliphatic heterocycles.